The van der Waals surface area contributed by atoms with Crippen LogP contribution in [0.1, 0.15) is 12.0 Å². The van der Waals surface area contributed by atoms with E-state index >= 15 is 0 Å². The Hall–Kier alpha value is -2.52. The molecule has 0 aliphatic carbocycles. The number of fused-ring (bicyclic) bond motifs is 1. The lowest BCUT2D eigenvalue weighted by atomic mass is 9.93. The Kier molecular flexibility index (Phi) is 3.87. The van der Waals surface area contributed by atoms with Crippen LogP contribution < -0.4 is 5.73 Å². The van der Waals surface area contributed by atoms with E-state index in [1.807, 2.05) is 42.5 Å². The minimum atomic E-state index is 0.361. The first-order valence-electron chi connectivity index (χ1n) is 8.39. The molecule has 1 fully saturated rings. The molecular formula is C21H21NO2. The van der Waals surface area contributed by atoms with Gasteiger partial charge in [0.25, 0.3) is 0 Å². The average molecular weight is 319 g/mol. The van der Waals surface area contributed by atoms with Crippen LogP contribution in [0.5, 0.6) is 5.75 Å². The number of ether oxygens (including phenoxy) is 1. The fourth-order valence-corrected chi connectivity index (χ4v) is 3.53. The fourth-order valence-electron chi connectivity index (χ4n) is 3.53. The van der Waals surface area contributed by atoms with Gasteiger partial charge in [-0.3, -0.25) is 0 Å². The molecule has 0 spiro atoms. The summed E-state index contributed by atoms with van der Waals surface area (Å²) in [6, 6.07) is 18.0. The highest BCUT2D eigenvalue weighted by Gasteiger charge is 2.18. The van der Waals surface area contributed by atoms with Gasteiger partial charge in [-0.25, -0.2) is 0 Å². The van der Waals surface area contributed by atoms with Crippen molar-refractivity contribution < 1.29 is 9.84 Å². The summed E-state index contributed by atoms with van der Waals surface area (Å²) in [7, 11) is 0. The lowest BCUT2D eigenvalue weighted by Crippen LogP contribution is -2.03. The Balaban J connectivity index is 1.72. The average Bonchev–Trinajstić information content (AvgIpc) is 3.11. The number of nitrogen functional groups attached to an aromatic ring is 1. The van der Waals surface area contributed by atoms with Crippen molar-refractivity contribution in [2.75, 3.05) is 18.9 Å². The van der Waals surface area contributed by atoms with E-state index in [2.05, 4.69) is 12.1 Å². The van der Waals surface area contributed by atoms with Gasteiger partial charge in [0.15, 0.2) is 0 Å². The molecule has 1 unspecified atom stereocenters. The molecular weight excluding hydrogens is 298 g/mol. The van der Waals surface area contributed by atoms with Gasteiger partial charge in [-0.2, -0.15) is 0 Å². The minimum absolute atomic E-state index is 0.361. The molecule has 1 heterocycles. The van der Waals surface area contributed by atoms with Crippen LogP contribution >= 0.6 is 0 Å². The summed E-state index contributed by atoms with van der Waals surface area (Å²) < 4.78 is 5.43. The number of phenols is 1. The zero-order valence-electron chi connectivity index (χ0n) is 13.5. The third-order valence-corrected chi connectivity index (χ3v) is 4.89. The van der Waals surface area contributed by atoms with Crippen molar-refractivity contribution in [3.8, 4) is 16.9 Å². The lowest BCUT2D eigenvalue weighted by molar-refractivity contribution is 0.185. The quantitative estimate of drug-likeness (QED) is 0.705. The first-order chi connectivity index (χ1) is 11.7. The highest BCUT2D eigenvalue weighted by atomic mass is 16.5. The van der Waals surface area contributed by atoms with Gasteiger partial charge in [0.2, 0.25) is 0 Å². The van der Waals surface area contributed by atoms with Crippen LogP contribution in [0.2, 0.25) is 0 Å². The van der Waals surface area contributed by atoms with Gasteiger partial charge in [0.05, 0.1) is 0 Å². The van der Waals surface area contributed by atoms with Gasteiger partial charge >= 0.3 is 0 Å². The molecule has 3 aromatic carbocycles. The number of aromatic hydroxyl groups is 1. The second-order valence-corrected chi connectivity index (χ2v) is 6.53. The Morgan fingerprint density at radius 1 is 1.04 bits per heavy atom. The van der Waals surface area contributed by atoms with E-state index in [-0.39, 0.29) is 0 Å². The van der Waals surface area contributed by atoms with Crippen molar-refractivity contribution in [1.29, 1.82) is 0 Å². The number of hydrogen-bond acceptors (Lipinski definition) is 3. The molecule has 1 saturated heterocycles. The van der Waals surface area contributed by atoms with Crippen LogP contribution in [0.3, 0.4) is 0 Å². The van der Waals surface area contributed by atoms with Gasteiger partial charge in [-0.1, -0.05) is 42.5 Å². The Bertz CT molecular complexity index is 882. The molecule has 1 atom stereocenters. The first-order valence-corrected chi connectivity index (χ1v) is 8.39. The first kappa shape index (κ1) is 15.0. The van der Waals surface area contributed by atoms with Gasteiger partial charge < -0.3 is 15.6 Å². The van der Waals surface area contributed by atoms with Gasteiger partial charge in [0.1, 0.15) is 5.75 Å². The minimum Gasteiger partial charge on any atom is -0.508 e. The summed E-state index contributed by atoms with van der Waals surface area (Å²) in [6.07, 6.45) is 1.94. The number of anilines is 1. The Labute approximate surface area is 141 Å². The molecule has 0 amide bonds. The zero-order valence-corrected chi connectivity index (χ0v) is 13.5. The predicted octanol–water partition coefficient (Wildman–Crippen LogP) is 4.37. The molecule has 3 aromatic rings. The van der Waals surface area contributed by atoms with Gasteiger partial charge in [-0.05, 0) is 53.0 Å². The number of rotatable bonds is 3. The highest BCUT2D eigenvalue weighted by Crippen LogP contribution is 2.35. The number of phenolic OH excluding ortho intramolecular Hbond substituents is 1. The van der Waals surface area contributed by atoms with Crippen LogP contribution in [-0.2, 0) is 11.2 Å². The molecule has 122 valence electrons. The molecule has 0 radical (unpaired) electrons. The van der Waals surface area contributed by atoms with E-state index in [0.717, 1.165) is 59.2 Å². The van der Waals surface area contributed by atoms with E-state index in [1.54, 1.807) is 0 Å². The summed E-state index contributed by atoms with van der Waals surface area (Å²) in [4.78, 5) is 0. The third kappa shape index (κ3) is 2.72. The SMILES string of the molecule is Nc1ccc(-c2ccc(CC3CCOC3)c(O)c2)c2ccccc12. The Morgan fingerprint density at radius 2 is 1.88 bits per heavy atom. The summed E-state index contributed by atoms with van der Waals surface area (Å²) in [5, 5.41) is 12.6. The lowest BCUT2D eigenvalue weighted by Gasteiger charge is -2.13. The second kappa shape index (κ2) is 6.17. The maximum Gasteiger partial charge on any atom is 0.119 e. The molecule has 3 N–H and O–H groups in total. The number of nitrogens with two attached hydrogens (primary N) is 1. The fraction of sp³-hybridized carbons (Fsp3) is 0.238. The van der Waals surface area contributed by atoms with E-state index < -0.39 is 0 Å². The van der Waals surface area contributed by atoms with Crippen LogP contribution in [-0.4, -0.2) is 18.3 Å². The van der Waals surface area contributed by atoms with Crippen molar-refractivity contribution in [3.05, 3.63) is 60.2 Å². The highest BCUT2D eigenvalue weighted by molar-refractivity contribution is 6.02. The molecule has 0 aromatic heterocycles. The molecule has 3 heteroatoms. The summed E-state index contributed by atoms with van der Waals surface area (Å²) in [6.45, 7) is 1.63. The smallest absolute Gasteiger partial charge is 0.119 e. The van der Waals surface area contributed by atoms with Crippen molar-refractivity contribution >= 4 is 16.5 Å². The van der Waals surface area contributed by atoms with E-state index in [9.17, 15) is 5.11 Å². The standard InChI is InChI=1S/C21H21NO2/c22-20-8-7-17(18-3-1-2-4-19(18)20)15-5-6-16(21(23)12-15)11-14-9-10-24-13-14/h1-8,12,14,23H,9-11,13,22H2. The van der Waals surface area contributed by atoms with Gasteiger partial charge in [-0.15, -0.1) is 0 Å². The molecule has 4 rings (SSSR count). The topological polar surface area (TPSA) is 55.5 Å². The molecule has 24 heavy (non-hydrogen) atoms. The molecule has 0 bridgehead atoms. The maximum atomic E-state index is 10.5. The van der Waals surface area contributed by atoms with Crippen molar-refractivity contribution in [2.45, 2.75) is 12.8 Å². The molecule has 3 nitrogen and oxygen atoms in total. The predicted molar refractivity (Wildman–Crippen MR) is 98.1 cm³/mol. The molecule has 0 saturated carbocycles. The van der Waals surface area contributed by atoms with E-state index in [4.69, 9.17) is 10.5 Å². The van der Waals surface area contributed by atoms with Crippen LogP contribution in [0.15, 0.2) is 54.6 Å². The summed E-state index contributed by atoms with van der Waals surface area (Å²) in [5.74, 6) is 0.874. The maximum absolute atomic E-state index is 10.5. The number of benzene rings is 3. The van der Waals surface area contributed by atoms with Gasteiger partial charge in [0, 0.05) is 24.3 Å². The van der Waals surface area contributed by atoms with E-state index in [0.29, 0.717) is 11.7 Å². The zero-order chi connectivity index (χ0) is 16.5. The van der Waals surface area contributed by atoms with Crippen molar-refractivity contribution in [2.24, 2.45) is 5.92 Å². The van der Waals surface area contributed by atoms with Crippen molar-refractivity contribution in [1.82, 2.24) is 0 Å². The second-order valence-electron chi connectivity index (χ2n) is 6.53. The van der Waals surface area contributed by atoms with Crippen molar-refractivity contribution in [3.63, 3.8) is 0 Å². The third-order valence-electron chi connectivity index (χ3n) is 4.89. The molecule has 1 aliphatic rings. The Morgan fingerprint density at radius 3 is 2.62 bits per heavy atom. The summed E-state index contributed by atoms with van der Waals surface area (Å²) >= 11 is 0. The normalized spacial score (nSPS) is 17.4. The van der Waals surface area contributed by atoms with E-state index in [1.165, 1.54) is 0 Å². The molecule has 1 aliphatic heterocycles. The van der Waals surface area contributed by atoms with Crippen LogP contribution in [0.4, 0.5) is 5.69 Å². The van der Waals surface area contributed by atoms with Crippen LogP contribution in [0.25, 0.3) is 21.9 Å². The van der Waals surface area contributed by atoms with Crippen LogP contribution in [0, 0.1) is 5.92 Å². The summed E-state index contributed by atoms with van der Waals surface area (Å²) in [5.41, 5.74) is 9.95. The largest absolute Gasteiger partial charge is 0.508 e. The monoisotopic (exact) mass is 319 g/mol. The number of hydrogen-bond donors (Lipinski definition) is 2.